The Balaban J connectivity index is 1.56. The summed E-state index contributed by atoms with van der Waals surface area (Å²) in [6.07, 6.45) is 2.10. The Labute approximate surface area is 168 Å². The molecular formula is C23H32N3O2+. The average molecular weight is 383 g/mol. The molecule has 0 aliphatic carbocycles. The summed E-state index contributed by atoms with van der Waals surface area (Å²) in [4.78, 5) is 16.7. The van der Waals surface area contributed by atoms with Crippen molar-refractivity contribution in [1.82, 2.24) is 0 Å². The van der Waals surface area contributed by atoms with E-state index in [9.17, 15) is 4.79 Å². The van der Waals surface area contributed by atoms with Crippen LogP contribution in [0, 0.1) is 0 Å². The first-order valence-corrected chi connectivity index (χ1v) is 10.4. The molecular weight excluding hydrogens is 350 g/mol. The first-order chi connectivity index (χ1) is 13.7. The van der Waals surface area contributed by atoms with Gasteiger partial charge < -0.3 is 19.9 Å². The predicted molar refractivity (Wildman–Crippen MR) is 115 cm³/mol. The van der Waals surface area contributed by atoms with Crippen molar-refractivity contribution in [2.45, 2.75) is 26.7 Å². The molecule has 1 amide bonds. The van der Waals surface area contributed by atoms with Crippen LogP contribution in [0.4, 0.5) is 11.4 Å². The second-order valence-electron chi connectivity index (χ2n) is 7.32. The summed E-state index contributed by atoms with van der Waals surface area (Å²) in [5.41, 5.74) is 2.64. The average Bonchev–Trinajstić information content (AvgIpc) is 2.75. The Morgan fingerprint density at radius 3 is 2.54 bits per heavy atom. The molecule has 28 heavy (non-hydrogen) atoms. The molecule has 0 unspecified atom stereocenters. The van der Waals surface area contributed by atoms with Gasteiger partial charge in [0, 0.05) is 16.9 Å². The van der Waals surface area contributed by atoms with Crippen molar-refractivity contribution in [3.05, 3.63) is 54.1 Å². The van der Waals surface area contributed by atoms with Gasteiger partial charge in [0.2, 0.25) is 0 Å². The topological polar surface area (TPSA) is 46.0 Å². The minimum atomic E-state index is -0.117. The number of nitrogens with one attached hydrogen (secondary N) is 2. The van der Waals surface area contributed by atoms with E-state index in [4.69, 9.17) is 4.74 Å². The number of anilines is 2. The highest BCUT2D eigenvalue weighted by atomic mass is 16.5. The lowest BCUT2D eigenvalue weighted by molar-refractivity contribution is -0.898. The van der Waals surface area contributed by atoms with E-state index in [1.165, 1.54) is 25.3 Å². The fourth-order valence-corrected chi connectivity index (χ4v) is 3.46. The first kappa shape index (κ1) is 20.2. The third kappa shape index (κ3) is 5.49. The maximum absolute atomic E-state index is 12.6. The number of rotatable bonds is 8. The van der Waals surface area contributed by atoms with Gasteiger partial charge in [-0.05, 0) is 55.8 Å². The van der Waals surface area contributed by atoms with Crippen LogP contribution in [0.25, 0.3) is 0 Å². The van der Waals surface area contributed by atoms with Gasteiger partial charge in [-0.1, -0.05) is 19.4 Å². The van der Waals surface area contributed by atoms with Crippen LogP contribution < -0.4 is 19.9 Å². The van der Waals surface area contributed by atoms with E-state index < -0.39 is 0 Å². The maximum Gasteiger partial charge on any atom is 0.255 e. The number of carbonyl (C=O) groups is 1. The molecule has 2 N–H and O–H groups in total. The van der Waals surface area contributed by atoms with Gasteiger partial charge in [0.15, 0.2) is 0 Å². The Hall–Kier alpha value is -2.53. The number of unbranched alkanes of at least 4 members (excludes halogenated alkanes) is 1. The fourth-order valence-electron chi connectivity index (χ4n) is 3.46. The van der Waals surface area contributed by atoms with E-state index in [1.54, 1.807) is 11.0 Å². The first-order valence-electron chi connectivity index (χ1n) is 10.4. The SMILES string of the molecule is CCCCOc1cccc(C(=O)Nc2ccc(N3CC[NH+](CC)CC3)cc2)c1. The molecule has 2 aromatic carbocycles. The highest BCUT2D eigenvalue weighted by Crippen LogP contribution is 2.20. The van der Waals surface area contributed by atoms with Gasteiger partial charge in [-0.15, -0.1) is 0 Å². The number of hydrogen-bond donors (Lipinski definition) is 2. The molecule has 1 heterocycles. The van der Waals surface area contributed by atoms with Crippen molar-refractivity contribution in [3.63, 3.8) is 0 Å². The number of likely N-dealkylation sites (N-methyl/N-ethyl adjacent to an activating group) is 1. The second kappa shape index (κ2) is 10.1. The maximum atomic E-state index is 12.6. The number of amides is 1. The van der Waals surface area contributed by atoms with Gasteiger partial charge in [-0.2, -0.15) is 0 Å². The number of benzene rings is 2. The van der Waals surface area contributed by atoms with Crippen LogP contribution >= 0.6 is 0 Å². The van der Waals surface area contributed by atoms with Crippen LogP contribution in [0.3, 0.4) is 0 Å². The third-order valence-electron chi connectivity index (χ3n) is 5.32. The van der Waals surface area contributed by atoms with Gasteiger partial charge in [-0.3, -0.25) is 4.79 Å². The molecule has 2 aromatic rings. The summed E-state index contributed by atoms with van der Waals surface area (Å²) in [6, 6.07) is 15.5. The Kier molecular flexibility index (Phi) is 7.31. The molecule has 0 bridgehead atoms. The lowest BCUT2D eigenvalue weighted by Crippen LogP contribution is -3.14. The zero-order chi connectivity index (χ0) is 19.8. The molecule has 0 spiro atoms. The Morgan fingerprint density at radius 2 is 1.86 bits per heavy atom. The molecule has 0 atom stereocenters. The van der Waals surface area contributed by atoms with E-state index in [-0.39, 0.29) is 5.91 Å². The van der Waals surface area contributed by atoms with Crippen LogP contribution in [-0.2, 0) is 0 Å². The highest BCUT2D eigenvalue weighted by Gasteiger charge is 2.18. The van der Waals surface area contributed by atoms with Gasteiger partial charge in [0.25, 0.3) is 5.91 Å². The largest absolute Gasteiger partial charge is 0.494 e. The standard InChI is InChI=1S/C23H31N3O2/c1-3-5-17-28-22-8-6-7-19(18-22)23(27)24-20-9-11-21(12-10-20)26-15-13-25(4-2)14-16-26/h6-12,18H,3-5,13-17H2,1-2H3,(H,24,27)/p+1. The van der Waals surface area contributed by atoms with Crippen molar-refractivity contribution >= 4 is 17.3 Å². The molecule has 0 aromatic heterocycles. The highest BCUT2D eigenvalue weighted by molar-refractivity contribution is 6.04. The molecule has 1 saturated heterocycles. The van der Waals surface area contributed by atoms with Gasteiger partial charge in [0.1, 0.15) is 5.75 Å². The zero-order valence-electron chi connectivity index (χ0n) is 17.0. The van der Waals surface area contributed by atoms with Crippen molar-refractivity contribution in [2.75, 3.05) is 49.5 Å². The molecule has 1 aliphatic heterocycles. The van der Waals surface area contributed by atoms with E-state index >= 15 is 0 Å². The van der Waals surface area contributed by atoms with Gasteiger partial charge >= 0.3 is 0 Å². The molecule has 3 rings (SSSR count). The molecule has 150 valence electrons. The predicted octanol–water partition coefficient (Wildman–Crippen LogP) is 2.84. The lowest BCUT2D eigenvalue weighted by Gasteiger charge is -2.33. The van der Waals surface area contributed by atoms with Crippen LogP contribution in [0.5, 0.6) is 5.75 Å². The summed E-state index contributed by atoms with van der Waals surface area (Å²) < 4.78 is 5.70. The third-order valence-corrected chi connectivity index (χ3v) is 5.32. The quantitative estimate of drug-likeness (QED) is 0.690. The van der Waals surface area contributed by atoms with Crippen molar-refractivity contribution in [2.24, 2.45) is 0 Å². The van der Waals surface area contributed by atoms with Crippen LogP contribution in [0.15, 0.2) is 48.5 Å². The number of piperazine rings is 1. The van der Waals surface area contributed by atoms with Gasteiger partial charge in [-0.25, -0.2) is 0 Å². The van der Waals surface area contributed by atoms with Crippen LogP contribution in [-0.4, -0.2) is 45.2 Å². The Morgan fingerprint density at radius 1 is 1.11 bits per heavy atom. The summed E-state index contributed by atoms with van der Waals surface area (Å²) in [6.45, 7) is 10.8. The molecule has 1 aliphatic rings. The monoisotopic (exact) mass is 382 g/mol. The summed E-state index contributed by atoms with van der Waals surface area (Å²) >= 11 is 0. The number of carbonyl (C=O) groups excluding carboxylic acids is 1. The minimum Gasteiger partial charge on any atom is -0.494 e. The molecule has 5 nitrogen and oxygen atoms in total. The molecule has 1 fully saturated rings. The number of ether oxygens (including phenoxy) is 1. The van der Waals surface area contributed by atoms with Crippen molar-refractivity contribution < 1.29 is 14.4 Å². The number of hydrogen-bond acceptors (Lipinski definition) is 3. The van der Waals surface area contributed by atoms with Crippen LogP contribution in [0.1, 0.15) is 37.0 Å². The second-order valence-corrected chi connectivity index (χ2v) is 7.32. The summed E-state index contributed by atoms with van der Waals surface area (Å²) in [5.74, 6) is 0.624. The minimum absolute atomic E-state index is 0.117. The normalized spacial score (nSPS) is 14.7. The van der Waals surface area contributed by atoms with E-state index in [0.717, 1.165) is 37.4 Å². The van der Waals surface area contributed by atoms with E-state index in [1.807, 2.05) is 30.3 Å². The molecule has 5 heteroatoms. The zero-order valence-corrected chi connectivity index (χ0v) is 17.0. The number of quaternary nitrogens is 1. The van der Waals surface area contributed by atoms with Crippen molar-refractivity contribution in [3.8, 4) is 5.75 Å². The molecule has 0 saturated carbocycles. The fraction of sp³-hybridized carbons (Fsp3) is 0.435. The Bertz CT molecular complexity index is 753. The summed E-state index contributed by atoms with van der Waals surface area (Å²) in [7, 11) is 0. The van der Waals surface area contributed by atoms with Crippen molar-refractivity contribution in [1.29, 1.82) is 0 Å². The number of nitrogens with zero attached hydrogens (tertiary/aromatic N) is 1. The summed E-state index contributed by atoms with van der Waals surface area (Å²) in [5, 5.41) is 2.98. The van der Waals surface area contributed by atoms with Crippen LogP contribution in [0.2, 0.25) is 0 Å². The lowest BCUT2D eigenvalue weighted by atomic mass is 10.2. The van der Waals surface area contributed by atoms with Gasteiger partial charge in [0.05, 0.1) is 39.3 Å². The van der Waals surface area contributed by atoms with E-state index in [2.05, 4.69) is 36.2 Å². The van der Waals surface area contributed by atoms with E-state index in [0.29, 0.717) is 12.2 Å². The smallest absolute Gasteiger partial charge is 0.255 e. The molecule has 0 radical (unpaired) electrons.